The number of aliphatic hydroxyl groups is 1. The van der Waals surface area contributed by atoms with Gasteiger partial charge in [-0.2, -0.15) is 0 Å². The van der Waals surface area contributed by atoms with E-state index in [1.54, 1.807) is 0 Å². The van der Waals surface area contributed by atoms with E-state index >= 15 is 0 Å². The van der Waals surface area contributed by atoms with Gasteiger partial charge in [0, 0.05) is 6.42 Å². The lowest BCUT2D eigenvalue weighted by molar-refractivity contribution is -0.117. The fourth-order valence-corrected chi connectivity index (χ4v) is 6.42. The average molecular weight is 288 g/mol. The Kier molecular flexibility index (Phi) is 2.96. The summed E-state index contributed by atoms with van der Waals surface area (Å²) in [5, 5.41) is 10.9. The van der Waals surface area contributed by atoms with E-state index < -0.39 is 5.60 Å². The molecule has 0 heterocycles. The molecule has 0 aromatic carbocycles. The number of fused-ring (bicyclic) bond motifs is 5. The Hall–Kier alpha value is -0.630. The topological polar surface area (TPSA) is 37.3 Å². The molecule has 1 N–H and O–H groups in total. The second kappa shape index (κ2) is 4.44. The molecule has 116 valence electrons. The van der Waals surface area contributed by atoms with Crippen molar-refractivity contribution >= 4 is 5.78 Å². The van der Waals surface area contributed by atoms with Crippen LogP contribution in [0.3, 0.4) is 0 Å². The van der Waals surface area contributed by atoms with Crippen molar-refractivity contribution in [1.29, 1.82) is 0 Å². The Morgan fingerprint density at radius 3 is 2.67 bits per heavy atom. The van der Waals surface area contributed by atoms with Gasteiger partial charge in [0.15, 0.2) is 5.78 Å². The van der Waals surface area contributed by atoms with Gasteiger partial charge in [-0.1, -0.05) is 12.5 Å². The normalized spacial score (nSPS) is 52.7. The highest BCUT2D eigenvalue weighted by Crippen LogP contribution is 2.64. The van der Waals surface area contributed by atoms with E-state index in [0.717, 1.165) is 37.5 Å². The molecular weight excluding hydrogens is 260 g/mol. The minimum atomic E-state index is -0.471. The molecule has 0 spiro atoms. The zero-order chi connectivity index (χ0) is 14.8. The zero-order valence-electron chi connectivity index (χ0n) is 13.4. The molecule has 4 rings (SSSR count). The molecule has 0 aromatic rings. The number of ketones is 1. The fraction of sp³-hybridized carbons (Fsp3) is 0.842. The first-order chi connectivity index (χ1) is 9.92. The van der Waals surface area contributed by atoms with Crippen molar-refractivity contribution in [2.24, 2.45) is 29.1 Å². The van der Waals surface area contributed by atoms with E-state index in [1.807, 2.05) is 6.08 Å². The van der Waals surface area contributed by atoms with Crippen LogP contribution in [0, 0.1) is 29.1 Å². The van der Waals surface area contributed by atoms with E-state index in [1.165, 1.54) is 31.3 Å². The SMILES string of the molecule is C[C@]1(O)CC[C@H]2[C@H]3CCC4=CC(=O)CC[C@H]4[C@H]3CC[C@@]21C. The zero-order valence-corrected chi connectivity index (χ0v) is 13.4. The Morgan fingerprint density at radius 1 is 1.05 bits per heavy atom. The summed E-state index contributed by atoms with van der Waals surface area (Å²) in [6.45, 7) is 4.41. The highest BCUT2D eigenvalue weighted by Gasteiger charge is 2.60. The van der Waals surface area contributed by atoms with Gasteiger partial charge in [0.05, 0.1) is 5.60 Å². The number of rotatable bonds is 0. The summed E-state index contributed by atoms with van der Waals surface area (Å²) in [6.07, 6.45) is 10.8. The van der Waals surface area contributed by atoms with Gasteiger partial charge in [0.2, 0.25) is 0 Å². The Morgan fingerprint density at radius 2 is 1.86 bits per heavy atom. The smallest absolute Gasteiger partial charge is 0.155 e. The third-order valence-corrected chi connectivity index (χ3v) is 7.86. The van der Waals surface area contributed by atoms with E-state index in [9.17, 15) is 9.90 Å². The van der Waals surface area contributed by atoms with E-state index in [0.29, 0.717) is 17.6 Å². The maximum atomic E-state index is 11.7. The van der Waals surface area contributed by atoms with Crippen LogP contribution < -0.4 is 0 Å². The van der Waals surface area contributed by atoms with Crippen molar-refractivity contribution in [2.75, 3.05) is 0 Å². The molecule has 2 nitrogen and oxygen atoms in total. The predicted molar refractivity (Wildman–Crippen MR) is 82.7 cm³/mol. The van der Waals surface area contributed by atoms with E-state index in [-0.39, 0.29) is 5.41 Å². The summed E-state index contributed by atoms with van der Waals surface area (Å²) >= 11 is 0. The van der Waals surface area contributed by atoms with Crippen LogP contribution in [0.2, 0.25) is 0 Å². The Bertz CT molecular complexity index is 504. The minimum Gasteiger partial charge on any atom is -0.390 e. The maximum Gasteiger partial charge on any atom is 0.155 e. The van der Waals surface area contributed by atoms with Crippen LogP contribution in [0.1, 0.15) is 65.2 Å². The quantitative estimate of drug-likeness (QED) is 0.734. The third-order valence-electron chi connectivity index (χ3n) is 7.86. The van der Waals surface area contributed by atoms with Gasteiger partial charge in [-0.3, -0.25) is 4.79 Å². The first-order valence-electron chi connectivity index (χ1n) is 8.88. The van der Waals surface area contributed by atoms with Gasteiger partial charge < -0.3 is 5.11 Å². The van der Waals surface area contributed by atoms with Gasteiger partial charge in [-0.25, -0.2) is 0 Å². The third kappa shape index (κ3) is 1.84. The van der Waals surface area contributed by atoms with Crippen LogP contribution in [0.4, 0.5) is 0 Å². The number of carbonyl (C=O) groups excluding carboxylic acids is 1. The molecule has 4 aliphatic carbocycles. The molecule has 2 heteroatoms. The first-order valence-corrected chi connectivity index (χ1v) is 8.88. The van der Waals surface area contributed by atoms with Crippen LogP contribution in [0.25, 0.3) is 0 Å². The second-order valence-electron chi connectivity index (χ2n) is 8.57. The summed E-state index contributed by atoms with van der Waals surface area (Å²) in [7, 11) is 0. The van der Waals surface area contributed by atoms with Crippen LogP contribution in [0.15, 0.2) is 11.6 Å². The second-order valence-corrected chi connectivity index (χ2v) is 8.57. The molecule has 0 aliphatic heterocycles. The van der Waals surface area contributed by atoms with Crippen LogP contribution >= 0.6 is 0 Å². The molecule has 3 saturated carbocycles. The van der Waals surface area contributed by atoms with Crippen molar-refractivity contribution in [1.82, 2.24) is 0 Å². The molecule has 6 atom stereocenters. The average Bonchev–Trinajstić information content (AvgIpc) is 2.69. The molecule has 0 bridgehead atoms. The molecule has 0 radical (unpaired) electrons. The highest BCUT2D eigenvalue weighted by atomic mass is 16.3. The summed E-state index contributed by atoms with van der Waals surface area (Å²) in [5.41, 5.74) is 1.11. The molecule has 0 unspecified atom stereocenters. The van der Waals surface area contributed by atoms with Crippen molar-refractivity contribution < 1.29 is 9.90 Å². The Balaban J connectivity index is 1.64. The molecule has 0 aromatic heterocycles. The van der Waals surface area contributed by atoms with Crippen LogP contribution in [-0.2, 0) is 4.79 Å². The van der Waals surface area contributed by atoms with Gasteiger partial charge >= 0.3 is 0 Å². The van der Waals surface area contributed by atoms with E-state index in [2.05, 4.69) is 13.8 Å². The molecule has 4 aliphatic rings. The first kappa shape index (κ1) is 14.0. The molecular formula is C19H28O2. The van der Waals surface area contributed by atoms with Gasteiger partial charge in [0.25, 0.3) is 0 Å². The van der Waals surface area contributed by atoms with Crippen molar-refractivity contribution in [3.05, 3.63) is 11.6 Å². The summed E-state index contributed by atoms with van der Waals surface area (Å²) in [5.74, 6) is 3.30. The van der Waals surface area contributed by atoms with Gasteiger partial charge in [0.1, 0.15) is 0 Å². The molecule has 3 fully saturated rings. The monoisotopic (exact) mass is 288 g/mol. The number of allylic oxidation sites excluding steroid dienone is 1. The van der Waals surface area contributed by atoms with E-state index in [4.69, 9.17) is 0 Å². The van der Waals surface area contributed by atoms with Crippen LogP contribution in [-0.4, -0.2) is 16.5 Å². The van der Waals surface area contributed by atoms with Gasteiger partial charge in [-0.05, 0) is 87.0 Å². The highest BCUT2D eigenvalue weighted by molar-refractivity contribution is 5.91. The number of hydrogen-bond acceptors (Lipinski definition) is 2. The maximum absolute atomic E-state index is 11.7. The Labute approximate surface area is 128 Å². The summed E-state index contributed by atoms with van der Waals surface area (Å²) in [6, 6.07) is 0. The van der Waals surface area contributed by atoms with Crippen LogP contribution in [0.5, 0.6) is 0 Å². The molecule has 0 amide bonds. The fourth-order valence-electron chi connectivity index (χ4n) is 6.42. The lowest BCUT2D eigenvalue weighted by Crippen LogP contribution is -2.51. The number of hydrogen-bond donors (Lipinski definition) is 1. The van der Waals surface area contributed by atoms with Gasteiger partial charge in [-0.15, -0.1) is 0 Å². The lowest BCUT2D eigenvalue weighted by Gasteiger charge is -2.55. The van der Waals surface area contributed by atoms with Crippen molar-refractivity contribution in [3.63, 3.8) is 0 Å². The standard InChI is InChI=1S/C19H28O2/c1-18-9-7-15-14-6-4-13(20)11-12(14)3-5-16(15)17(18)8-10-19(18,2)21/h11,14-17,21H,3-10H2,1-2H3/t14-,15-,16+,17+,18+,19+/m1/s1. The summed E-state index contributed by atoms with van der Waals surface area (Å²) < 4.78 is 0. The largest absolute Gasteiger partial charge is 0.390 e. The minimum absolute atomic E-state index is 0.125. The predicted octanol–water partition coefficient (Wildman–Crippen LogP) is 3.88. The van der Waals surface area contributed by atoms with Crippen molar-refractivity contribution in [3.8, 4) is 0 Å². The molecule has 21 heavy (non-hydrogen) atoms. The van der Waals surface area contributed by atoms with Crippen molar-refractivity contribution in [2.45, 2.75) is 70.8 Å². The summed E-state index contributed by atoms with van der Waals surface area (Å²) in [4.78, 5) is 11.7. The lowest BCUT2D eigenvalue weighted by atomic mass is 9.51. The number of carbonyl (C=O) groups is 1. The molecule has 0 saturated heterocycles.